The number of amides is 1. The van der Waals surface area contributed by atoms with Crippen molar-refractivity contribution in [1.82, 2.24) is 10.2 Å². The summed E-state index contributed by atoms with van der Waals surface area (Å²) in [4.78, 5) is 14.6. The van der Waals surface area contributed by atoms with Crippen LogP contribution in [0.2, 0.25) is 0 Å². The zero-order valence-electron chi connectivity index (χ0n) is 12.9. The van der Waals surface area contributed by atoms with Crippen LogP contribution in [0.25, 0.3) is 0 Å². The Kier molecular flexibility index (Phi) is 5.85. The van der Waals surface area contributed by atoms with Crippen molar-refractivity contribution in [2.75, 3.05) is 19.7 Å². The van der Waals surface area contributed by atoms with Crippen LogP contribution < -0.4 is 5.32 Å². The largest absolute Gasteiger partial charge is 0.394 e. The highest BCUT2D eigenvalue weighted by atomic mass is 16.3. The van der Waals surface area contributed by atoms with Gasteiger partial charge in [-0.15, -0.1) is 0 Å². The van der Waals surface area contributed by atoms with E-state index in [9.17, 15) is 9.90 Å². The van der Waals surface area contributed by atoms with Crippen molar-refractivity contribution in [2.24, 2.45) is 0 Å². The second kappa shape index (κ2) is 7.41. The molecular weight excluding hydrogens is 252 g/mol. The maximum Gasteiger partial charge on any atom is 0.220 e. The molecule has 2 N–H and O–H groups in total. The van der Waals surface area contributed by atoms with Crippen LogP contribution >= 0.6 is 0 Å². The van der Waals surface area contributed by atoms with Gasteiger partial charge in [-0.3, -0.25) is 4.79 Å². The van der Waals surface area contributed by atoms with Gasteiger partial charge in [-0.25, -0.2) is 0 Å². The van der Waals surface area contributed by atoms with E-state index >= 15 is 0 Å². The average Bonchev–Trinajstić information content (AvgIpc) is 3.00. The lowest BCUT2D eigenvalue weighted by Crippen LogP contribution is -2.52. The molecule has 0 aromatic heterocycles. The first-order chi connectivity index (χ1) is 9.65. The molecule has 0 aromatic rings. The van der Waals surface area contributed by atoms with E-state index in [2.05, 4.69) is 17.1 Å². The normalized spacial score (nSPS) is 24.5. The molecule has 2 rings (SSSR count). The highest BCUT2D eigenvalue weighted by Crippen LogP contribution is 2.28. The predicted molar refractivity (Wildman–Crippen MR) is 80.5 cm³/mol. The van der Waals surface area contributed by atoms with E-state index in [1.54, 1.807) is 0 Å². The molecule has 0 aromatic carbocycles. The summed E-state index contributed by atoms with van der Waals surface area (Å²) in [6, 6.07) is 0.500. The van der Waals surface area contributed by atoms with E-state index in [0.29, 0.717) is 12.5 Å². The number of nitrogens with one attached hydrogen (secondary N) is 1. The van der Waals surface area contributed by atoms with E-state index in [1.807, 2.05) is 0 Å². The minimum atomic E-state index is -0.327. The first kappa shape index (κ1) is 15.8. The summed E-state index contributed by atoms with van der Waals surface area (Å²) in [6.07, 6.45) is 9.41. The quantitative estimate of drug-likeness (QED) is 0.784. The highest BCUT2D eigenvalue weighted by Gasteiger charge is 2.32. The molecule has 4 heteroatoms. The lowest BCUT2D eigenvalue weighted by atomic mass is 9.82. The van der Waals surface area contributed by atoms with Crippen LogP contribution in [-0.4, -0.2) is 47.2 Å². The van der Waals surface area contributed by atoms with Crippen LogP contribution in [0, 0.1) is 0 Å². The maximum absolute atomic E-state index is 12.2. The Bertz CT molecular complexity index is 308. The molecule has 0 bridgehead atoms. The lowest BCUT2D eigenvalue weighted by Gasteiger charge is -2.36. The minimum absolute atomic E-state index is 0.0837. The van der Waals surface area contributed by atoms with Gasteiger partial charge >= 0.3 is 0 Å². The van der Waals surface area contributed by atoms with Crippen molar-refractivity contribution >= 4 is 5.91 Å². The summed E-state index contributed by atoms with van der Waals surface area (Å²) in [5.41, 5.74) is -0.327. The Balaban J connectivity index is 1.73. The third-order valence-electron chi connectivity index (χ3n) is 5.07. The predicted octanol–water partition coefficient (Wildman–Crippen LogP) is 2.06. The second-order valence-electron chi connectivity index (χ2n) is 6.68. The van der Waals surface area contributed by atoms with Crippen LogP contribution in [0.1, 0.15) is 64.7 Å². The SMILES string of the molecule is C[C@@H](CCC(=O)NC1(CO)CCCCC1)N1CCCC1. The summed E-state index contributed by atoms with van der Waals surface area (Å²) in [7, 11) is 0. The van der Waals surface area contributed by atoms with Gasteiger partial charge in [-0.1, -0.05) is 19.3 Å². The van der Waals surface area contributed by atoms with E-state index in [-0.39, 0.29) is 18.1 Å². The van der Waals surface area contributed by atoms with Crippen LogP contribution in [-0.2, 0) is 4.79 Å². The maximum atomic E-state index is 12.2. The van der Waals surface area contributed by atoms with E-state index in [1.165, 1.54) is 32.4 Å². The summed E-state index contributed by atoms with van der Waals surface area (Å²) in [6.45, 7) is 4.67. The van der Waals surface area contributed by atoms with Gasteiger partial charge < -0.3 is 15.3 Å². The van der Waals surface area contributed by atoms with Crippen molar-refractivity contribution in [3.63, 3.8) is 0 Å². The van der Waals surface area contributed by atoms with Gasteiger partial charge in [0.05, 0.1) is 12.1 Å². The molecule has 0 unspecified atom stereocenters. The molecule has 1 amide bonds. The molecule has 1 heterocycles. The standard InChI is InChI=1S/C16H30N2O2/c1-14(18-11-5-6-12-18)7-8-15(20)17-16(13-19)9-3-2-4-10-16/h14,19H,2-13H2,1H3,(H,17,20)/t14-/m0/s1. The molecule has 1 saturated heterocycles. The van der Waals surface area contributed by atoms with Crippen molar-refractivity contribution in [3.8, 4) is 0 Å². The third-order valence-corrected chi connectivity index (χ3v) is 5.07. The van der Waals surface area contributed by atoms with Crippen LogP contribution in [0.3, 0.4) is 0 Å². The minimum Gasteiger partial charge on any atom is -0.394 e. The van der Waals surface area contributed by atoms with Gasteiger partial charge in [0, 0.05) is 12.5 Å². The number of carbonyl (C=O) groups is 1. The fourth-order valence-corrected chi connectivity index (χ4v) is 3.61. The number of rotatable bonds is 6. The molecule has 2 aliphatic rings. The summed E-state index contributed by atoms with van der Waals surface area (Å²) in [5.74, 6) is 0.118. The van der Waals surface area contributed by atoms with Crippen molar-refractivity contribution < 1.29 is 9.90 Å². The Morgan fingerprint density at radius 2 is 1.85 bits per heavy atom. The number of likely N-dealkylation sites (tertiary alicyclic amines) is 1. The molecule has 116 valence electrons. The van der Waals surface area contributed by atoms with E-state index in [4.69, 9.17) is 0 Å². The monoisotopic (exact) mass is 282 g/mol. The number of carbonyl (C=O) groups excluding carboxylic acids is 1. The van der Waals surface area contributed by atoms with Crippen molar-refractivity contribution in [2.45, 2.75) is 76.3 Å². The van der Waals surface area contributed by atoms with Gasteiger partial charge in [0.25, 0.3) is 0 Å². The zero-order valence-corrected chi connectivity index (χ0v) is 12.9. The van der Waals surface area contributed by atoms with Crippen molar-refractivity contribution in [3.05, 3.63) is 0 Å². The van der Waals surface area contributed by atoms with Crippen LogP contribution in [0.4, 0.5) is 0 Å². The van der Waals surface area contributed by atoms with Gasteiger partial charge in [0.1, 0.15) is 0 Å². The molecule has 1 aliphatic heterocycles. The van der Waals surface area contributed by atoms with Gasteiger partial charge in [-0.05, 0) is 52.1 Å². The highest BCUT2D eigenvalue weighted by molar-refractivity contribution is 5.76. The first-order valence-electron chi connectivity index (χ1n) is 8.31. The molecule has 1 saturated carbocycles. The molecule has 1 aliphatic carbocycles. The number of nitrogens with zero attached hydrogens (tertiary/aromatic N) is 1. The first-order valence-corrected chi connectivity index (χ1v) is 8.31. The number of hydrogen-bond acceptors (Lipinski definition) is 3. The third kappa shape index (κ3) is 4.19. The Labute approximate surface area is 122 Å². The second-order valence-corrected chi connectivity index (χ2v) is 6.68. The summed E-state index contributed by atoms with van der Waals surface area (Å²) >= 11 is 0. The molecule has 0 spiro atoms. The topological polar surface area (TPSA) is 52.6 Å². The van der Waals surface area contributed by atoms with Crippen molar-refractivity contribution in [1.29, 1.82) is 0 Å². The van der Waals surface area contributed by atoms with Gasteiger partial charge in [0.2, 0.25) is 5.91 Å². The lowest BCUT2D eigenvalue weighted by molar-refractivity contribution is -0.124. The molecule has 20 heavy (non-hydrogen) atoms. The summed E-state index contributed by atoms with van der Waals surface area (Å²) in [5, 5.41) is 12.7. The van der Waals surface area contributed by atoms with E-state index < -0.39 is 0 Å². The van der Waals surface area contributed by atoms with Crippen LogP contribution in [0.5, 0.6) is 0 Å². The van der Waals surface area contributed by atoms with Crippen LogP contribution in [0.15, 0.2) is 0 Å². The number of aliphatic hydroxyl groups is 1. The van der Waals surface area contributed by atoms with Gasteiger partial charge in [0.15, 0.2) is 0 Å². The smallest absolute Gasteiger partial charge is 0.220 e. The molecule has 1 atom stereocenters. The fourth-order valence-electron chi connectivity index (χ4n) is 3.61. The fraction of sp³-hybridized carbons (Fsp3) is 0.938. The van der Waals surface area contributed by atoms with E-state index in [0.717, 1.165) is 32.1 Å². The average molecular weight is 282 g/mol. The zero-order chi connectivity index (χ0) is 14.4. The summed E-state index contributed by atoms with van der Waals surface area (Å²) < 4.78 is 0. The molecule has 4 nitrogen and oxygen atoms in total. The Hall–Kier alpha value is -0.610. The number of aliphatic hydroxyl groups excluding tert-OH is 1. The molecule has 0 radical (unpaired) electrons. The molecule has 2 fully saturated rings. The Morgan fingerprint density at radius 1 is 1.20 bits per heavy atom. The Morgan fingerprint density at radius 3 is 2.45 bits per heavy atom. The number of hydrogen-bond donors (Lipinski definition) is 2. The van der Waals surface area contributed by atoms with Gasteiger partial charge in [-0.2, -0.15) is 0 Å². The molecular formula is C16H30N2O2.